The predicted molar refractivity (Wildman–Crippen MR) is 174 cm³/mol. The fraction of sp³-hybridized carbons (Fsp3) is 0.147. The molecular weight excluding hydrogens is 664 g/mol. The highest BCUT2D eigenvalue weighted by molar-refractivity contribution is 9.10. The first kappa shape index (κ1) is 31.6. The van der Waals surface area contributed by atoms with Gasteiger partial charge in [0.15, 0.2) is 23.0 Å². The standard InChI is InChI=1S/C34H28BrClN2O7/c1-20-26(36)10-7-11-27(20)38-33(40)24(32(39)37-34(38)41)14-23-15-25(35)31(30(17-23)43-3)45-19-22-12-13-28(29(16-22)42-2)44-18-21-8-5-4-6-9-21/h4-17H,18-19H2,1-3H3,(H,37,39,41)/b24-14-. The molecule has 1 saturated heterocycles. The molecule has 230 valence electrons. The molecule has 0 spiro atoms. The number of barbiturate groups is 1. The van der Waals surface area contributed by atoms with Crippen LogP contribution in [0, 0.1) is 6.92 Å². The van der Waals surface area contributed by atoms with E-state index >= 15 is 0 Å². The van der Waals surface area contributed by atoms with Gasteiger partial charge < -0.3 is 18.9 Å². The maximum Gasteiger partial charge on any atom is 0.335 e. The lowest BCUT2D eigenvalue weighted by Gasteiger charge is -2.27. The van der Waals surface area contributed by atoms with Crippen LogP contribution in [0.1, 0.15) is 22.3 Å². The Balaban J connectivity index is 1.35. The fourth-order valence-corrected chi connectivity index (χ4v) is 5.40. The topological polar surface area (TPSA) is 103 Å². The number of benzene rings is 4. The number of hydrogen-bond acceptors (Lipinski definition) is 7. The van der Waals surface area contributed by atoms with Gasteiger partial charge in [-0.1, -0.05) is 54.1 Å². The molecule has 4 amide bonds. The molecule has 1 fully saturated rings. The number of ether oxygens (including phenoxy) is 4. The van der Waals surface area contributed by atoms with Crippen LogP contribution in [0.5, 0.6) is 23.0 Å². The van der Waals surface area contributed by atoms with Crippen molar-refractivity contribution >= 4 is 57.1 Å². The largest absolute Gasteiger partial charge is 0.493 e. The molecule has 1 aliphatic rings. The lowest BCUT2D eigenvalue weighted by atomic mass is 10.1. The van der Waals surface area contributed by atoms with Gasteiger partial charge in [0.25, 0.3) is 11.8 Å². The van der Waals surface area contributed by atoms with Crippen LogP contribution >= 0.6 is 27.5 Å². The highest BCUT2D eigenvalue weighted by Gasteiger charge is 2.37. The van der Waals surface area contributed by atoms with Gasteiger partial charge in [0, 0.05) is 5.02 Å². The maximum absolute atomic E-state index is 13.4. The van der Waals surface area contributed by atoms with Crippen LogP contribution in [0.2, 0.25) is 5.02 Å². The summed E-state index contributed by atoms with van der Waals surface area (Å²) >= 11 is 9.74. The molecule has 1 N–H and O–H groups in total. The molecule has 0 radical (unpaired) electrons. The monoisotopic (exact) mass is 690 g/mol. The number of nitrogens with one attached hydrogen (secondary N) is 1. The minimum absolute atomic E-state index is 0.182. The van der Waals surface area contributed by atoms with Gasteiger partial charge in [-0.15, -0.1) is 0 Å². The summed E-state index contributed by atoms with van der Waals surface area (Å²) in [5.74, 6) is 0.336. The summed E-state index contributed by atoms with van der Waals surface area (Å²) in [6, 6.07) is 22.7. The predicted octanol–water partition coefficient (Wildman–Crippen LogP) is 7.25. The third-order valence-corrected chi connectivity index (χ3v) is 7.99. The van der Waals surface area contributed by atoms with Gasteiger partial charge in [0.1, 0.15) is 18.8 Å². The zero-order valence-corrected chi connectivity index (χ0v) is 26.9. The highest BCUT2D eigenvalue weighted by Crippen LogP contribution is 2.39. The number of carbonyl (C=O) groups is 3. The number of carbonyl (C=O) groups excluding carboxylic acids is 3. The highest BCUT2D eigenvalue weighted by atomic mass is 79.9. The third kappa shape index (κ3) is 6.97. The number of hydrogen-bond donors (Lipinski definition) is 1. The molecule has 0 atom stereocenters. The first-order valence-electron chi connectivity index (χ1n) is 13.7. The Morgan fingerprint density at radius 2 is 1.56 bits per heavy atom. The molecule has 45 heavy (non-hydrogen) atoms. The number of anilines is 1. The zero-order valence-electron chi connectivity index (χ0n) is 24.6. The van der Waals surface area contributed by atoms with Crippen molar-refractivity contribution in [3.63, 3.8) is 0 Å². The van der Waals surface area contributed by atoms with Crippen LogP contribution < -0.4 is 29.2 Å². The number of imide groups is 2. The summed E-state index contributed by atoms with van der Waals surface area (Å²) in [4.78, 5) is 39.7. The minimum Gasteiger partial charge on any atom is -0.493 e. The van der Waals surface area contributed by atoms with E-state index in [1.165, 1.54) is 13.2 Å². The van der Waals surface area contributed by atoms with Gasteiger partial charge in [0.2, 0.25) is 0 Å². The minimum atomic E-state index is -0.859. The van der Waals surface area contributed by atoms with Crippen LogP contribution in [0.4, 0.5) is 10.5 Å². The molecule has 0 aliphatic carbocycles. The first-order chi connectivity index (χ1) is 21.7. The van der Waals surface area contributed by atoms with Gasteiger partial charge in [-0.3, -0.25) is 14.9 Å². The Hall–Kier alpha value is -4.80. The molecular formula is C34H28BrClN2O7. The van der Waals surface area contributed by atoms with Crippen molar-refractivity contribution < 1.29 is 33.3 Å². The summed E-state index contributed by atoms with van der Waals surface area (Å²) in [6.07, 6.45) is 1.38. The van der Waals surface area contributed by atoms with E-state index in [1.807, 2.05) is 48.5 Å². The fourth-order valence-electron chi connectivity index (χ4n) is 4.66. The van der Waals surface area contributed by atoms with E-state index in [0.29, 0.717) is 50.2 Å². The van der Waals surface area contributed by atoms with Crippen molar-refractivity contribution in [2.45, 2.75) is 20.1 Å². The lowest BCUT2D eigenvalue weighted by molar-refractivity contribution is -0.122. The Morgan fingerprint density at radius 1 is 0.822 bits per heavy atom. The molecule has 5 rings (SSSR count). The second kappa shape index (κ2) is 13.9. The molecule has 0 saturated carbocycles. The van der Waals surface area contributed by atoms with Crippen LogP contribution in [0.3, 0.4) is 0 Å². The molecule has 0 aromatic heterocycles. The van der Waals surface area contributed by atoms with Crippen LogP contribution in [0.25, 0.3) is 6.08 Å². The Morgan fingerprint density at radius 3 is 2.29 bits per heavy atom. The normalized spacial score (nSPS) is 13.9. The van der Waals surface area contributed by atoms with Crippen LogP contribution in [-0.4, -0.2) is 32.1 Å². The van der Waals surface area contributed by atoms with E-state index in [9.17, 15) is 14.4 Å². The number of rotatable bonds is 10. The van der Waals surface area contributed by atoms with Gasteiger partial charge in [-0.25, -0.2) is 9.69 Å². The van der Waals surface area contributed by atoms with Crippen molar-refractivity contribution in [2.24, 2.45) is 0 Å². The molecule has 1 heterocycles. The van der Waals surface area contributed by atoms with Gasteiger partial charge in [-0.05, 0) is 87.6 Å². The van der Waals surface area contributed by atoms with Crippen molar-refractivity contribution in [1.82, 2.24) is 5.32 Å². The molecule has 4 aromatic rings. The summed E-state index contributed by atoms with van der Waals surface area (Å²) in [5, 5.41) is 2.61. The molecule has 1 aliphatic heterocycles. The molecule has 0 unspecified atom stereocenters. The average Bonchev–Trinajstić information content (AvgIpc) is 3.03. The van der Waals surface area contributed by atoms with Crippen molar-refractivity contribution in [3.8, 4) is 23.0 Å². The van der Waals surface area contributed by atoms with Gasteiger partial charge in [0.05, 0.1) is 24.4 Å². The Labute approximate surface area is 273 Å². The van der Waals surface area contributed by atoms with E-state index in [2.05, 4.69) is 21.2 Å². The van der Waals surface area contributed by atoms with Gasteiger partial charge in [-0.2, -0.15) is 0 Å². The summed E-state index contributed by atoms with van der Waals surface area (Å²) < 4.78 is 23.7. The van der Waals surface area contributed by atoms with Crippen molar-refractivity contribution in [3.05, 3.63) is 116 Å². The molecule has 11 heteroatoms. The quantitative estimate of drug-likeness (QED) is 0.138. The number of amides is 4. The van der Waals surface area contributed by atoms with Crippen molar-refractivity contribution in [2.75, 3.05) is 19.1 Å². The molecule has 9 nitrogen and oxygen atoms in total. The number of methoxy groups -OCH3 is 2. The molecule has 0 bridgehead atoms. The average molecular weight is 692 g/mol. The zero-order chi connectivity index (χ0) is 32.1. The summed E-state index contributed by atoms with van der Waals surface area (Å²) in [5.41, 5.74) is 2.89. The van der Waals surface area contributed by atoms with E-state index < -0.39 is 17.8 Å². The SMILES string of the molecule is COc1cc(COc2c(Br)cc(/C=C3/C(=O)NC(=O)N(c4cccc(Cl)c4C)C3=O)cc2OC)ccc1OCc1ccccc1. The Kier molecular flexibility index (Phi) is 9.75. The van der Waals surface area contributed by atoms with Gasteiger partial charge >= 0.3 is 6.03 Å². The first-order valence-corrected chi connectivity index (χ1v) is 14.9. The second-order valence-corrected chi connectivity index (χ2v) is 11.2. The lowest BCUT2D eigenvalue weighted by Crippen LogP contribution is -2.54. The number of nitrogens with zero attached hydrogens (tertiary/aromatic N) is 1. The summed E-state index contributed by atoms with van der Waals surface area (Å²) in [6.45, 7) is 2.27. The van der Waals surface area contributed by atoms with E-state index in [0.717, 1.165) is 16.0 Å². The molecule has 4 aromatic carbocycles. The van der Waals surface area contributed by atoms with Crippen molar-refractivity contribution in [1.29, 1.82) is 0 Å². The Bertz CT molecular complexity index is 1810. The summed E-state index contributed by atoms with van der Waals surface area (Å²) in [7, 11) is 3.05. The number of halogens is 2. The van der Waals surface area contributed by atoms with Crippen LogP contribution in [0.15, 0.2) is 88.9 Å². The smallest absolute Gasteiger partial charge is 0.335 e. The van der Waals surface area contributed by atoms with E-state index in [1.54, 1.807) is 44.4 Å². The maximum atomic E-state index is 13.4. The second-order valence-electron chi connectivity index (χ2n) is 9.92. The van der Waals surface area contributed by atoms with Crippen LogP contribution in [-0.2, 0) is 22.8 Å². The number of urea groups is 1. The van der Waals surface area contributed by atoms with E-state index in [-0.39, 0.29) is 17.9 Å². The third-order valence-electron chi connectivity index (χ3n) is 6.99. The van der Waals surface area contributed by atoms with E-state index in [4.69, 9.17) is 30.5 Å².